The van der Waals surface area contributed by atoms with Gasteiger partial charge in [-0.15, -0.1) is 11.3 Å². The Balaban J connectivity index is 1.62. The van der Waals surface area contributed by atoms with E-state index in [1.165, 1.54) is 5.57 Å². The second-order valence-corrected chi connectivity index (χ2v) is 10.5. The molecule has 0 saturated carbocycles. The number of thiazole rings is 1. The first-order valence-electron chi connectivity index (χ1n) is 11.2. The predicted octanol–water partition coefficient (Wildman–Crippen LogP) is 7.52. The number of urea groups is 1. The van der Waals surface area contributed by atoms with E-state index in [-0.39, 0.29) is 17.4 Å². The molecule has 0 spiro atoms. The van der Waals surface area contributed by atoms with Crippen molar-refractivity contribution in [1.82, 2.24) is 4.98 Å². The van der Waals surface area contributed by atoms with Crippen LogP contribution in [0.2, 0.25) is 0 Å². The normalized spacial score (nSPS) is 15.8. The summed E-state index contributed by atoms with van der Waals surface area (Å²) in [6.07, 6.45) is 4.74. The Morgan fingerprint density at radius 3 is 2.45 bits per heavy atom. The molecule has 33 heavy (non-hydrogen) atoms. The molecule has 5 nitrogen and oxygen atoms in total. The largest absolute Gasteiger partial charge is 0.323 e. The number of carbonyl (C=O) groups is 1. The number of aryl methyl sites for hydroxylation is 1. The third kappa shape index (κ3) is 5.40. The van der Waals surface area contributed by atoms with Gasteiger partial charge in [0.25, 0.3) is 0 Å². The molecule has 1 unspecified atom stereocenters. The number of amides is 2. The number of anilines is 2. The molecule has 170 valence electrons. The third-order valence-electron chi connectivity index (χ3n) is 5.59. The second kappa shape index (κ2) is 9.32. The Bertz CT molecular complexity index is 1220. The van der Waals surface area contributed by atoms with Crippen molar-refractivity contribution < 1.29 is 4.79 Å². The summed E-state index contributed by atoms with van der Waals surface area (Å²) in [6, 6.07) is 15.5. The van der Waals surface area contributed by atoms with Gasteiger partial charge in [-0.3, -0.25) is 4.99 Å². The van der Waals surface area contributed by atoms with E-state index in [0.29, 0.717) is 0 Å². The summed E-state index contributed by atoms with van der Waals surface area (Å²) >= 11 is 1.74. The number of allylic oxidation sites excluding steroid dienone is 1. The molecule has 3 aromatic rings. The SMILES string of the molecule is CC1=CN=CCC1c1nc(C(C)(C)C)sc1-c1cccc(NC(=O)Nc2ccc(C)cc2)c1. The maximum Gasteiger partial charge on any atom is 0.323 e. The van der Waals surface area contributed by atoms with E-state index in [9.17, 15) is 4.79 Å². The molecule has 0 aliphatic carbocycles. The average molecular weight is 459 g/mol. The number of rotatable bonds is 4. The smallest absolute Gasteiger partial charge is 0.308 e. The molecule has 2 N–H and O–H groups in total. The quantitative estimate of drug-likeness (QED) is 0.424. The van der Waals surface area contributed by atoms with Crippen molar-refractivity contribution in [1.29, 1.82) is 0 Å². The van der Waals surface area contributed by atoms with Crippen molar-refractivity contribution in [2.45, 2.75) is 52.4 Å². The number of hydrogen-bond acceptors (Lipinski definition) is 4. The predicted molar refractivity (Wildman–Crippen MR) is 140 cm³/mol. The minimum Gasteiger partial charge on any atom is -0.308 e. The molecule has 1 aliphatic heterocycles. The first kappa shape index (κ1) is 22.9. The van der Waals surface area contributed by atoms with Crippen LogP contribution in [0.5, 0.6) is 0 Å². The standard InChI is InChI=1S/C27H30N4OS/c1-17-9-11-20(12-10-17)29-26(32)30-21-8-6-7-19(15-21)24-23(22-13-14-28-16-18(22)2)31-25(33-24)27(3,4)5/h6-12,14-16,22H,13H2,1-5H3,(H2,29,30,32). The first-order valence-corrected chi connectivity index (χ1v) is 12.0. The molecular formula is C27H30N4OS. The molecule has 2 aromatic carbocycles. The molecule has 1 atom stereocenters. The van der Waals surface area contributed by atoms with Crippen LogP contribution in [0.1, 0.15) is 56.3 Å². The molecule has 0 fully saturated rings. The summed E-state index contributed by atoms with van der Waals surface area (Å²) in [5.41, 5.74) is 5.98. The van der Waals surface area contributed by atoms with E-state index in [2.05, 4.69) is 49.4 Å². The van der Waals surface area contributed by atoms with Crippen LogP contribution < -0.4 is 10.6 Å². The zero-order chi connectivity index (χ0) is 23.6. The number of aliphatic imine (C=N–C) groups is 1. The highest BCUT2D eigenvalue weighted by molar-refractivity contribution is 7.15. The van der Waals surface area contributed by atoms with Gasteiger partial charge < -0.3 is 10.6 Å². The topological polar surface area (TPSA) is 66.4 Å². The van der Waals surface area contributed by atoms with Gasteiger partial charge in [-0.25, -0.2) is 9.78 Å². The van der Waals surface area contributed by atoms with Crippen molar-refractivity contribution in [3.63, 3.8) is 0 Å². The van der Waals surface area contributed by atoms with Crippen molar-refractivity contribution in [3.05, 3.63) is 76.6 Å². The van der Waals surface area contributed by atoms with Crippen molar-refractivity contribution >= 4 is 35.0 Å². The lowest BCUT2D eigenvalue weighted by molar-refractivity contribution is 0.262. The summed E-state index contributed by atoms with van der Waals surface area (Å²) in [4.78, 5) is 23.1. The summed E-state index contributed by atoms with van der Waals surface area (Å²) in [5, 5.41) is 6.96. The van der Waals surface area contributed by atoms with Gasteiger partial charge in [0.15, 0.2) is 0 Å². The molecule has 1 aromatic heterocycles. The van der Waals surface area contributed by atoms with Crippen LogP contribution in [0.25, 0.3) is 10.4 Å². The highest BCUT2D eigenvalue weighted by atomic mass is 32.1. The molecule has 0 saturated heterocycles. The lowest BCUT2D eigenvalue weighted by Crippen LogP contribution is -2.19. The molecule has 1 aliphatic rings. The van der Waals surface area contributed by atoms with Crippen LogP contribution in [0.3, 0.4) is 0 Å². The lowest BCUT2D eigenvalue weighted by atomic mass is 9.90. The number of carbonyl (C=O) groups excluding carboxylic acids is 1. The van der Waals surface area contributed by atoms with Crippen molar-refractivity contribution in [2.24, 2.45) is 4.99 Å². The van der Waals surface area contributed by atoms with Crippen molar-refractivity contribution in [2.75, 3.05) is 10.6 Å². The number of hydrogen-bond donors (Lipinski definition) is 2. The van der Waals surface area contributed by atoms with Gasteiger partial charge in [0.1, 0.15) is 0 Å². The van der Waals surface area contributed by atoms with E-state index in [1.54, 1.807) is 11.3 Å². The second-order valence-electron chi connectivity index (χ2n) is 9.50. The summed E-state index contributed by atoms with van der Waals surface area (Å²) < 4.78 is 0. The van der Waals surface area contributed by atoms with E-state index in [0.717, 1.165) is 44.5 Å². The summed E-state index contributed by atoms with van der Waals surface area (Å²) in [6.45, 7) is 10.7. The van der Waals surface area contributed by atoms with E-state index >= 15 is 0 Å². The van der Waals surface area contributed by atoms with Crippen LogP contribution in [0, 0.1) is 6.92 Å². The fraction of sp³-hybridized carbons (Fsp3) is 0.296. The lowest BCUT2D eigenvalue weighted by Gasteiger charge is -2.18. The van der Waals surface area contributed by atoms with Gasteiger partial charge in [0.2, 0.25) is 0 Å². The van der Waals surface area contributed by atoms with Gasteiger partial charge in [-0.05, 0) is 55.7 Å². The molecule has 4 rings (SSSR count). The van der Waals surface area contributed by atoms with E-state index in [4.69, 9.17) is 4.98 Å². The number of aromatic nitrogens is 1. The monoisotopic (exact) mass is 458 g/mol. The Labute approximate surface area is 199 Å². The highest BCUT2D eigenvalue weighted by Crippen LogP contribution is 2.42. The van der Waals surface area contributed by atoms with Crippen LogP contribution in [0.4, 0.5) is 16.2 Å². The summed E-state index contributed by atoms with van der Waals surface area (Å²) in [5.74, 6) is 0.214. The van der Waals surface area contributed by atoms with E-state index in [1.807, 2.05) is 61.8 Å². The van der Waals surface area contributed by atoms with Gasteiger partial charge >= 0.3 is 6.03 Å². The number of nitrogens with zero attached hydrogens (tertiary/aromatic N) is 2. The zero-order valence-electron chi connectivity index (χ0n) is 19.8. The maximum absolute atomic E-state index is 12.6. The van der Waals surface area contributed by atoms with E-state index < -0.39 is 0 Å². The Morgan fingerprint density at radius 1 is 1.03 bits per heavy atom. The fourth-order valence-electron chi connectivity index (χ4n) is 3.70. The maximum atomic E-state index is 12.6. The molecular weight excluding hydrogens is 428 g/mol. The Hall–Kier alpha value is -3.25. The average Bonchev–Trinajstić information content (AvgIpc) is 3.22. The Morgan fingerprint density at radius 2 is 1.76 bits per heavy atom. The fourth-order valence-corrected chi connectivity index (χ4v) is 4.88. The zero-order valence-corrected chi connectivity index (χ0v) is 20.6. The molecule has 2 heterocycles. The van der Waals surface area contributed by atoms with Crippen LogP contribution >= 0.6 is 11.3 Å². The molecule has 0 bridgehead atoms. The van der Waals surface area contributed by atoms with Crippen LogP contribution in [0.15, 0.2) is 65.3 Å². The third-order valence-corrected chi connectivity index (χ3v) is 7.14. The highest BCUT2D eigenvalue weighted by Gasteiger charge is 2.28. The van der Waals surface area contributed by atoms with Gasteiger partial charge in [0, 0.05) is 35.1 Å². The molecule has 0 radical (unpaired) electrons. The minimum absolute atomic E-state index is 0.0399. The molecule has 6 heteroatoms. The first-order chi connectivity index (χ1) is 15.7. The van der Waals surface area contributed by atoms with Gasteiger partial charge in [-0.2, -0.15) is 0 Å². The van der Waals surface area contributed by atoms with Gasteiger partial charge in [-0.1, -0.05) is 50.6 Å². The van der Waals surface area contributed by atoms with Gasteiger partial charge in [0.05, 0.1) is 15.6 Å². The van der Waals surface area contributed by atoms with Crippen LogP contribution in [-0.2, 0) is 5.41 Å². The molecule has 2 amide bonds. The number of nitrogens with one attached hydrogen (secondary N) is 2. The summed E-state index contributed by atoms with van der Waals surface area (Å²) in [7, 11) is 0. The van der Waals surface area contributed by atoms with Crippen molar-refractivity contribution in [3.8, 4) is 10.4 Å². The number of benzene rings is 2. The van der Waals surface area contributed by atoms with Crippen LogP contribution in [-0.4, -0.2) is 17.2 Å². The Kier molecular flexibility index (Phi) is 6.47. The minimum atomic E-state index is -0.266.